The zero-order valence-corrected chi connectivity index (χ0v) is 16.3. The number of nitrogens with zero attached hydrogens (tertiary/aromatic N) is 1. The van der Waals surface area contributed by atoms with E-state index in [0.29, 0.717) is 30.3 Å². The maximum Gasteiger partial charge on any atom is 0.354 e. The van der Waals surface area contributed by atoms with Gasteiger partial charge in [-0.05, 0) is 42.7 Å². The average molecular weight is 377 g/mol. The molecule has 0 atom stereocenters. The van der Waals surface area contributed by atoms with E-state index in [1.54, 1.807) is 14.2 Å². The van der Waals surface area contributed by atoms with Gasteiger partial charge in [0.05, 0.1) is 26.5 Å². The number of aromatic nitrogens is 1. The number of ether oxygens (including phenoxy) is 3. The summed E-state index contributed by atoms with van der Waals surface area (Å²) < 4.78 is 18.4. The van der Waals surface area contributed by atoms with Gasteiger partial charge in [-0.15, -0.1) is 0 Å². The Balaban J connectivity index is 1.98. The minimum atomic E-state index is -0.296. The van der Waals surface area contributed by atoms with Gasteiger partial charge in [0.1, 0.15) is 5.69 Å². The number of fused-ring (bicyclic) bond motifs is 3. The van der Waals surface area contributed by atoms with Gasteiger partial charge in [-0.3, -0.25) is 0 Å². The molecule has 144 valence electrons. The highest BCUT2D eigenvalue weighted by Crippen LogP contribution is 2.44. The van der Waals surface area contributed by atoms with Crippen LogP contribution in [0.15, 0.2) is 48.5 Å². The maximum absolute atomic E-state index is 12.6. The minimum Gasteiger partial charge on any atom is -0.493 e. The molecule has 5 nitrogen and oxygen atoms in total. The van der Waals surface area contributed by atoms with Crippen molar-refractivity contribution >= 4 is 5.97 Å². The number of benzene rings is 2. The molecule has 5 heteroatoms. The summed E-state index contributed by atoms with van der Waals surface area (Å²) in [5.41, 5.74) is 5.89. The normalized spacial score (nSPS) is 12.1. The molecule has 0 amide bonds. The third-order valence-corrected chi connectivity index (χ3v) is 5.14. The molecule has 0 saturated heterocycles. The third kappa shape index (κ3) is 2.93. The first kappa shape index (κ1) is 18.2. The van der Waals surface area contributed by atoms with Gasteiger partial charge < -0.3 is 18.8 Å². The predicted molar refractivity (Wildman–Crippen MR) is 108 cm³/mol. The molecule has 0 aliphatic carbocycles. The summed E-state index contributed by atoms with van der Waals surface area (Å²) in [6.45, 7) is 2.88. The molecule has 0 saturated carbocycles. The van der Waals surface area contributed by atoms with Crippen molar-refractivity contribution in [2.24, 2.45) is 0 Å². The second kappa shape index (κ2) is 7.43. The van der Waals surface area contributed by atoms with Crippen LogP contribution in [0.2, 0.25) is 0 Å². The van der Waals surface area contributed by atoms with Crippen LogP contribution in [-0.4, -0.2) is 31.4 Å². The van der Waals surface area contributed by atoms with Crippen LogP contribution >= 0.6 is 0 Å². The molecule has 0 fully saturated rings. The first-order valence-corrected chi connectivity index (χ1v) is 9.39. The molecule has 2 heterocycles. The Hall–Kier alpha value is -3.21. The van der Waals surface area contributed by atoms with Crippen LogP contribution in [0.3, 0.4) is 0 Å². The second-order valence-corrected chi connectivity index (χ2v) is 6.64. The molecule has 0 bridgehead atoms. The van der Waals surface area contributed by atoms with Crippen LogP contribution in [0.5, 0.6) is 11.5 Å². The fraction of sp³-hybridized carbons (Fsp3) is 0.261. The molecule has 28 heavy (non-hydrogen) atoms. The van der Waals surface area contributed by atoms with Crippen molar-refractivity contribution in [2.45, 2.75) is 19.9 Å². The fourth-order valence-electron chi connectivity index (χ4n) is 3.86. The summed E-state index contributed by atoms with van der Waals surface area (Å²) in [5.74, 6) is 1.09. The van der Waals surface area contributed by atoms with Gasteiger partial charge in [-0.2, -0.15) is 0 Å². The first-order valence-electron chi connectivity index (χ1n) is 9.39. The van der Waals surface area contributed by atoms with Crippen molar-refractivity contribution < 1.29 is 19.0 Å². The summed E-state index contributed by atoms with van der Waals surface area (Å²) in [7, 11) is 3.28. The number of rotatable bonds is 5. The lowest BCUT2D eigenvalue weighted by Crippen LogP contribution is -2.17. The molecule has 0 spiro atoms. The topological polar surface area (TPSA) is 49.7 Å². The number of aryl methyl sites for hydroxylation is 1. The number of esters is 1. The molecular weight excluding hydrogens is 354 g/mol. The Labute approximate surface area is 164 Å². The van der Waals surface area contributed by atoms with E-state index in [2.05, 4.69) is 16.7 Å². The summed E-state index contributed by atoms with van der Waals surface area (Å²) in [6, 6.07) is 16.1. The lowest BCUT2D eigenvalue weighted by molar-refractivity contribution is 0.0514. The Bertz CT molecular complexity index is 1020. The molecule has 0 radical (unpaired) electrons. The van der Waals surface area contributed by atoms with Gasteiger partial charge >= 0.3 is 5.97 Å². The second-order valence-electron chi connectivity index (χ2n) is 6.64. The molecule has 4 rings (SSSR count). The predicted octanol–water partition coefficient (Wildman–Crippen LogP) is 4.57. The monoisotopic (exact) mass is 377 g/mol. The van der Waals surface area contributed by atoms with Crippen LogP contribution in [0, 0.1) is 0 Å². The van der Waals surface area contributed by atoms with Crippen molar-refractivity contribution in [1.29, 1.82) is 0 Å². The highest BCUT2D eigenvalue weighted by atomic mass is 16.5. The standard InChI is InChI=1S/C23H23NO4/c1-4-28-23(25)19-13-17(15-8-6-5-7-9-15)22-18-14-21(27-3)20(26-2)12-16(18)10-11-24(19)22/h5-9,12-14H,4,10-11H2,1-3H3. The largest absolute Gasteiger partial charge is 0.493 e. The smallest absolute Gasteiger partial charge is 0.354 e. The third-order valence-electron chi connectivity index (χ3n) is 5.14. The van der Waals surface area contributed by atoms with Gasteiger partial charge in [0.2, 0.25) is 0 Å². The van der Waals surface area contributed by atoms with Crippen LogP contribution in [0.25, 0.3) is 22.4 Å². The van der Waals surface area contributed by atoms with Crippen molar-refractivity contribution in [2.75, 3.05) is 20.8 Å². The Morgan fingerprint density at radius 3 is 2.39 bits per heavy atom. The first-order chi connectivity index (χ1) is 13.7. The highest BCUT2D eigenvalue weighted by molar-refractivity contribution is 5.95. The van der Waals surface area contributed by atoms with Gasteiger partial charge in [0.25, 0.3) is 0 Å². The van der Waals surface area contributed by atoms with Crippen LogP contribution in [0.1, 0.15) is 23.0 Å². The van der Waals surface area contributed by atoms with E-state index in [4.69, 9.17) is 14.2 Å². The van der Waals surface area contributed by atoms with Gasteiger partial charge in [0, 0.05) is 17.7 Å². The number of carbonyl (C=O) groups is 1. The molecule has 1 aromatic heterocycles. The lowest BCUT2D eigenvalue weighted by Gasteiger charge is -2.24. The van der Waals surface area contributed by atoms with E-state index in [9.17, 15) is 4.79 Å². The van der Waals surface area contributed by atoms with E-state index in [1.165, 1.54) is 5.56 Å². The number of methoxy groups -OCH3 is 2. The van der Waals surface area contributed by atoms with Crippen molar-refractivity contribution in [3.05, 3.63) is 59.8 Å². The quantitative estimate of drug-likeness (QED) is 0.611. The van der Waals surface area contributed by atoms with E-state index in [-0.39, 0.29) is 5.97 Å². The van der Waals surface area contributed by atoms with Gasteiger partial charge in [0.15, 0.2) is 11.5 Å². The number of carbonyl (C=O) groups excluding carboxylic acids is 1. The van der Waals surface area contributed by atoms with Crippen molar-refractivity contribution in [3.8, 4) is 33.9 Å². The van der Waals surface area contributed by atoms with Crippen molar-refractivity contribution in [1.82, 2.24) is 4.57 Å². The molecular formula is C23H23NO4. The number of hydrogen-bond acceptors (Lipinski definition) is 4. The molecule has 0 unspecified atom stereocenters. The SMILES string of the molecule is CCOC(=O)c1cc(-c2ccccc2)c2n1CCc1cc(OC)c(OC)cc1-2. The van der Waals surface area contributed by atoms with Crippen molar-refractivity contribution in [3.63, 3.8) is 0 Å². The highest BCUT2D eigenvalue weighted by Gasteiger charge is 2.28. The molecule has 1 aliphatic rings. The van der Waals surface area contributed by atoms with E-state index < -0.39 is 0 Å². The molecule has 3 aromatic rings. The lowest BCUT2D eigenvalue weighted by atomic mass is 9.93. The summed E-state index contributed by atoms with van der Waals surface area (Å²) in [6.07, 6.45) is 0.804. The average Bonchev–Trinajstić information content (AvgIpc) is 3.13. The van der Waals surface area contributed by atoms with E-state index >= 15 is 0 Å². The zero-order valence-electron chi connectivity index (χ0n) is 16.3. The fourth-order valence-corrected chi connectivity index (χ4v) is 3.86. The van der Waals surface area contributed by atoms with E-state index in [1.807, 2.05) is 43.3 Å². The number of hydrogen-bond donors (Lipinski definition) is 0. The summed E-state index contributed by atoms with van der Waals surface area (Å²) >= 11 is 0. The van der Waals surface area contributed by atoms with Gasteiger partial charge in [-0.25, -0.2) is 4.79 Å². The molecule has 1 aliphatic heterocycles. The van der Waals surface area contributed by atoms with Gasteiger partial charge in [-0.1, -0.05) is 30.3 Å². The maximum atomic E-state index is 12.6. The van der Waals surface area contributed by atoms with Crippen LogP contribution in [-0.2, 0) is 17.7 Å². The molecule has 2 aromatic carbocycles. The van der Waals surface area contributed by atoms with Crippen LogP contribution < -0.4 is 9.47 Å². The Morgan fingerprint density at radius 2 is 1.71 bits per heavy atom. The van der Waals surface area contributed by atoms with Crippen LogP contribution in [0.4, 0.5) is 0 Å². The minimum absolute atomic E-state index is 0.296. The summed E-state index contributed by atoms with van der Waals surface area (Å²) in [4.78, 5) is 12.6. The zero-order chi connectivity index (χ0) is 19.7. The Morgan fingerprint density at radius 1 is 1.00 bits per heavy atom. The summed E-state index contributed by atoms with van der Waals surface area (Å²) in [5, 5.41) is 0. The Kier molecular flexibility index (Phi) is 4.82. The molecule has 0 N–H and O–H groups in total. The van der Waals surface area contributed by atoms with E-state index in [0.717, 1.165) is 28.8 Å².